The molecule has 2 atom stereocenters. The fourth-order valence-corrected chi connectivity index (χ4v) is 2.25. The molecule has 0 spiro atoms. The standard InChI is InChI=1S/C10H14O3/c1-6-5-7-3-2-4-8(11)9(7)10(12)13-6/h6-7,11H,2-5H2,1H3/t6-,7-/m0/s1. The van der Waals surface area contributed by atoms with Gasteiger partial charge in [0.1, 0.15) is 5.76 Å². The minimum Gasteiger partial charge on any atom is -0.512 e. The summed E-state index contributed by atoms with van der Waals surface area (Å²) in [4.78, 5) is 11.4. The largest absolute Gasteiger partial charge is 0.512 e. The van der Waals surface area contributed by atoms with Crippen LogP contribution in [-0.2, 0) is 9.53 Å². The van der Waals surface area contributed by atoms with Gasteiger partial charge in [-0.25, -0.2) is 4.79 Å². The van der Waals surface area contributed by atoms with Crippen LogP contribution in [0.3, 0.4) is 0 Å². The zero-order chi connectivity index (χ0) is 9.42. The Morgan fingerprint density at radius 3 is 3.08 bits per heavy atom. The van der Waals surface area contributed by atoms with Crippen molar-refractivity contribution in [1.29, 1.82) is 0 Å². The SMILES string of the molecule is C[C@H]1C[C@@H]2CCCC(O)=C2C(=O)O1. The number of esters is 1. The summed E-state index contributed by atoms with van der Waals surface area (Å²) in [7, 11) is 0. The van der Waals surface area contributed by atoms with Gasteiger partial charge in [-0.15, -0.1) is 0 Å². The molecule has 0 unspecified atom stereocenters. The van der Waals surface area contributed by atoms with Crippen molar-refractivity contribution in [2.24, 2.45) is 5.92 Å². The molecule has 3 heteroatoms. The summed E-state index contributed by atoms with van der Waals surface area (Å²) >= 11 is 0. The summed E-state index contributed by atoms with van der Waals surface area (Å²) in [5.41, 5.74) is 0.546. The van der Waals surface area contributed by atoms with Gasteiger partial charge in [-0.2, -0.15) is 0 Å². The first kappa shape index (κ1) is 8.60. The van der Waals surface area contributed by atoms with Crippen LogP contribution in [0.2, 0.25) is 0 Å². The van der Waals surface area contributed by atoms with E-state index in [0.29, 0.717) is 12.0 Å². The van der Waals surface area contributed by atoms with Crippen molar-refractivity contribution in [2.45, 2.75) is 38.7 Å². The van der Waals surface area contributed by atoms with Crippen molar-refractivity contribution in [3.8, 4) is 0 Å². The van der Waals surface area contributed by atoms with E-state index in [9.17, 15) is 9.90 Å². The van der Waals surface area contributed by atoms with E-state index >= 15 is 0 Å². The molecule has 13 heavy (non-hydrogen) atoms. The molecule has 72 valence electrons. The van der Waals surface area contributed by atoms with Crippen LogP contribution in [0.15, 0.2) is 11.3 Å². The molecule has 1 saturated heterocycles. The number of allylic oxidation sites excluding steroid dienone is 1. The molecule has 0 amide bonds. The van der Waals surface area contributed by atoms with Gasteiger partial charge in [0.25, 0.3) is 0 Å². The van der Waals surface area contributed by atoms with Gasteiger partial charge in [0.15, 0.2) is 0 Å². The fourth-order valence-electron chi connectivity index (χ4n) is 2.25. The van der Waals surface area contributed by atoms with Crippen molar-refractivity contribution in [1.82, 2.24) is 0 Å². The number of hydrogen-bond donors (Lipinski definition) is 1. The molecule has 0 aromatic carbocycles. The maximum Gasteiger partial charge on any atom is 0.337 e. The third-order valence-electron chi connectivity index (χ3n) is 2.83. The summed E-state index contributed by atoms with van der Waals surface area (Å²) in [6.45, 7) is 1.90. The minimum atomic E-state index is -0.305. The van der Waals surface area contributed by atoms with E-state index in [1.807, 2.05) is 6.92 Å². The maximum atomic E-state index is 11.4. The molecule has 1 N–H and O–H groups in total. The zero-order valence-electron chi connectivity index (χ0n) is 7.75. The van der Waals surface area contributed by atoms with Crippen LogP contribution in [0.4, 0.5) is 0 Å². The van der Waals surface area contributed by atoms with Gasteiger partial charge in [-0.3, -0.25) is 0 Å². The Labute approximate surface area is 77.4 Å². The molecule has 0 radical (unpaired) electrons. The Morgan fingerprint density at radius 2 is 2.31 bits per heavy atom. The average molecular weight is 182 g/mol. The molecular formula is C10H14O3. The van der Waals surface area contributed by atoms with Crippen LogP contribution in [0.5, 0.6) is 0 Å². The second kappa shape index (κ2) is 3.05. The number of rotatable bonds is 0. The normalized spacial score (nSPS) is 34.1. The molecule has 0 aromatic heterocycles. The smallest absolute Gasteiger partial charge is 0.337 e. The van der Waals surface area contributed by atoms with E-state index in [4.69, 9.17) is 4.74 Å². The molecule has 0 bridgehead atoms. The van der Waals surface area contributed by atoms with Gasteiger partial charge < -0.3 is 9.84 Å². The monoisotopic (exact) mass is 182 g/mol. The first-order valence-electron chi connectivity index (χ1n) is 4.81. The van der Waals surface area contributed by atoms with Crippen molar-refractivity contribution in [3.05, 3.63) is 11.3 Å². The van der Waals surface area contributed by atoms with E-state index in [0.717, 1.165) is 19.3 Å². The molecule has 1 heterocycles. The summed E-state index contributed by atoms with van der Waals surface area (Å²) in [5.74, 6) is 0.194. The van der Waals surface area contributed by atoms with E-state index in [1.165, 1.54) is 0 Å². The number of cyclic esters (lactones) is 1. The van der Waals surface area contributed by atoms with E-state index < -0.39 is 0 Å². The first-order valence-corrected chi connectivity index (χ1v) is 4.81. The number of hydrogen-bond acceptors (Lipinski definition) is 3. The predicted molar refractivity (Wildman–Crippen MR) is 47.2 cm³/mol. The number of aliphatic hydroxyl groups excluding tert-OH is 1. The summed E-state index contributed by atoms with van der Waals surface area (Å²) in [6, 6.07) is 0. The van der Waals surface area contributed by atoms with Gasteiger partial charge in [-0.05, 0) is 32.1 Å². The lowest BCUT2D eigenvalue weighted by atomic mass is 9.81. The van der Waals surface area contributed by atoms with Crippen LogP contribution in [0.25, 0.3) is 0 Å². The lowest BCUT2D eigenvalue weighted by Gasteiger charge is -2.32. The van der Waals surface area contributed by atoms with Crippen LogP contribution in [0, 0.1) is 5.92 Å². The maximum absolute atomic E-state index is 11.4. The number of fused-ring (bicyclic) bond motifs is 1. The molecule has 1 aliphatic heterocycles. The Hall–Kier alpha value is -0.990. The quantitative estimate of drug-likeness (QED) is 0.582. The second-order valence-electron chi connectivity index (χ2n) is 3.90. The Bertz CT molecular complexity index is 267. The molecule has 2 aliphatic rings. The van der Waals surface area contributed by atoms with Gasteiger partial charge >= 0.3 is 5.97 Å². The summed E-state index contributed by atoms with van der Waals surface area (Å²) < 4.78 is 5.07. The lowest BCUT2D eigenvalue weighted by molar-refractivity contribution is -0.149. The van der Waals surface area contributed by atoms with Gasteiger partial charge in [0.05, 0.1) is 11.7 Å². The van der Waals surface area contributed by atoms with Crippen molar-refractivity contribution in [3.63, 3.8) is 0 Å². The molecular weight excluding hydrogens is 168 g/mol. The van der Waals surface area contributed by atoms with Crippen LogP contribution in [-0.4, -0.2) is 17.2 Å². The minimum absolute atomic E-state index is 0.00662. The fraction of sp³-hybridized carbons (Fsp3) is 0.700. The van der Waals surface area contributed by atoms with Gasteiger partial charge in [0, 0.05) is 6.42 Å². The summed E-state index contributed by atoms with van der Waals surface area (Å²) in [6.07, 6.45) is 3.51. The molecule has 0 saturated carbocycles. The third kappa shape index (κ3) is 1.43. The Balaban J connectivity index is 2.30. The highest BCUT2D eigenvalue weighted by molar-refractivity contribution is 5.90. The Kier molecular flexibility index (Phi) is 2.02. The van der Waals surface area contributed by atoms with Crippen molar-refractivity contribution in [2.75, 3.05) is 0 Å². The number of aliphatic hydroxyl groups is 1. The molecule has 1 aliphatic carbocycles. The second-order valence-corrected chi connectivity index (χ2v) is 3.90. The number of carbonyl (C=O) groups is 1. The van der Waals surface area contributed by atoms with Crippen LogP contribution in [0.1, 0.15) is 32.6 Å². The zero-order valence-corrected chi connectivity index (χ0v) is 7.75. The highest BCUT2D eigenvalue weighted by Crippen LogP contribution is 2.36. The van der Waals surface area contributed by atoms with Gasteiger partial charge in [0.2, 0.25) is 0 Å². The van der Waals surface area contributed by atoms with Crippen molar-refractivity contribution >= 4 is 5.97 Å². The predicted octanol–water partition coefficient (Wildman–Crippen LogP) is 1.93. The first-order chi connectivity index (χ1) is 6.18. The molecule has 1 fully saturated rings. The summed E-state index contributed by atoms with van der Waals surface area (Å²) in [5, 5.41) is 9.54. The van der Waals surface area contributed by atoms with Crippen LogP contribution >= 0.6 is 0 Å². The number of ether oxygens (including phenoxy) is 1. The lowest BCUT2D eigenvalue weighted by Crippen LogP contribution is -2.32. The topological polar surface area (TPSA) is 46.5 Å². The van der Waals surface area contributed by atoms with E-state index in [-0.39, 0.29) is 23.8 Å². The third-order valence-corrected chi connectivity index (χ3v) is 2.83. The van der Waals surface area contributed by atoms with Crippen molar-refractivity contribution < 1.29 is 14.6 Å². The van der Waals surface area contributed by atoms with Gasteiger partial charge in [-0.1, -0.05) is 0 Å². The highest BCUT2D eigenvalue weighted by Gasteiger charge is 2.35. The van der Waals surface area contributed by atoms with Crippen LogP contribution < -0.4 is 0 Å². The van der Waals surface area contributed by atoms with E-state index in [1.54, 1.807) is 0 Å². The molecule has 0 aromatic rings. The average Bonchev–Trinajstić information content (AvgIpc) is 2.02. The highest BCUT2D eigenvalue weighted by atomic mass is 16.5. The van der Waals surface area contributed by atoms with E-state index in [2.05, 4.69) is 0 Å². The Morgan fingerprint density at radius 1 is 1.54 bits per heavy atom. The molecule has 2 rings (SSSR count). The number of carbonyl (C=O) groups excluding carboxylic acids is 1. The molecule has 3 nitrogen and oxygen atoms in total.